The minimum atomic E-state index is 0.943. The van der Waals surface area contributed by atoms with Crippen LogP contribution in [0.5, 0.6) is 0 Å². The van der Waals surface area contributed by atoms with Crippen molar-refractivity contribution in [2.45, 2.75) is 12.8 Å². The maximum absolute atomic E-state index is 2.24. The molecule has 2 heteroatoms. The molecule has 76 valence electrons. The highest BCUT2D eigenvalue weighted by Crippen LogP contribution is 2.28. The van der Waals surface area contributed by atoms with Gasteiger partial charge in [-0.2, -0.15) is 23.5 Å². The molecule has 1 aromatic carbocycles. The van der Waals surface area contributed by atoms with E-state index < -0.39 is 0 Å². The maximum Gasteiger partial charge on any atom is 0.0392 e. The summed E-state index contributed by atoms with van der Waals surface area (Å²) in [5, 5.41) is 1.31. The third-order valence-electron chi connectivity index (χ3n) is 2.56. The van der Waals surface area contributed by atoms with Crippen molar-refractivity contribution in [3.05, 3.63) is 35.9 Å². The predicted molar refractivity (Wildman–Crippen MR) is 68.0 cm³/mol. The largest absolute Gasteiger partial charge is 0.151 e. The fourth-order valence-corrected chi connectivity index (χ4v) is 4.34. The van der Waals surface area contributed by atoms with Gasteiger partial charge < -0.3 is 0 Å². The van der Waals surface area contributed by atoms with Crippen LogP contribution in [0.1, 0.15) is 12.0 Å². The van der Waals surface area contributed by atoms with Crippen LogP contribution in [0, 0.1) is 5.92 Å². The first-order chi connectivity index (χ1) is 6.95. The SMILES string of the molecule is c1ccc(CCC2CSCSC2)cc1. The van der Waals surface area contributed by atoms with E-state index in [2.05, 4.69) is 53.9 Å². The van der Waals surface area contributed by atoms with E-state index >= 15 is 0 Å². The monoisotopic (exact) mass is 224 g/mol. The van der Waals surface area contributed by atoms with E-state index in [9.17, 15) is 0 Å². The van der Waals surface area contributed by atoms with Crippen LogP contribution < -0.4 is 0 Å². The molecule has 0 unspecified atom stereocenters. The third kappa shape index (κ3) is 3.25. The molecule has 1 aliphatic rings. The summed E-state index contributed by atoms with van der Waals surface area (Å²) in [6.07, 6.45) is 2.62. The van der Waals surface area contributed by atoms with Crippen molar-refractivity contribution in [3.8, 4) is 0 Å². The van der Waals surface area contributed by atoms with Gasteiger partial charge in [0.25, 0.3) is 0 Å². The molecule has 0 aliphatic carbocycles. The molecule has 2 rings (SSSR count). The molecule has 1 fully saturated rings. The predicted octanol–water partition coefficient (Wildman–Crippen LogP) is 3.67. The first-order valence-corrected chi connectivity index (χ1v) is 7.45. The van der Waals surface area contributed by atoms with Crippen LogP contribution in [-0.4, -0.2) is 16.6 Å². The molecule has 0 amide bonds. The summed E-state index contributed by atoms with van der Waals surface area (Å²) < 4.78 is 0. The van der Waals surface area contributed by atoms with Gasteiger partial charge in [-0.25, -0.2) is 0 Å². The average Bonchev–Trinajstić information content (AvgIpc) is 2.29. The number of thioether (sulfide) groups is 2. The summed E-state index contributed by atoms with van der Waals surface area (Å²) in [5.74, 6) is 3.69. The van der Waals surface area contributed by atoms with Crippen LogP contribution in [0.25, 0.3) is 0 Å². The van der Waals surface area contributed by atoms with E-state index in [-0.39, 0.29) is 0 Å². The van der Waals surface area contributed by atoms with Gasteiger partial charge in [0.1, 0.15) is 0 Å². The highest BCUT2D eigenvalue weighted by atomic mass is 32.2. The molecule has 0 bridgehead atoms. The molecule has 1 aromatic rings. The number of benzene rings is 1. The van der Waals surface area contributed by atoms with Gasteiger partial charge in [-0.05, 0) is 35.8 Å². The summed E-state index contributed by atoms with van der Waals surface area (Å²) in [7, 11) is 0. The van der Waals surface area contributed by atoms with Crippen molar-refractivity contribution in [3.63, 3.8) is 0 Å². The van der Waals surface area contributed by atoms with Crippen molar-refractivity contribution in [1.29, 1.82) is 0 Å². The highest BCUT2D eigenvalue weighted by Gasteiger charge is 2.13. The molecule has 0 spiro atoms. The van der Waals surface area contributed by atoms with E-state index in [1.54, 1.807) is 0 Å². The summed E-state index contributed by atoms with van der Waals surface area (Å²) in [4.78, 5) is 0. The van der Waals surface area contributed by atoms with E-state index in [4.69, 9.17) is 0 Å². The van der Waals surface area contributed by atoms with Gasteiger partial charge in [-0.3, -0.25) is 0 Å². The summed E-state index contributed by atoms with van der Waals surface area (Å²) in [6, 6.07) is 10.8. The first-order valence-electron chi connectivity index (χ1n) is 5.14. The quantitative estimate of drug-likeness (QED) is 0.768. The van der Waals surface area contributed by atoms with E-state index in [0.717, 1.165) is 5.92 Å². The number of hydrogen-bond acceptors (Lipinski definition) is 2. The third-order valence-corrected chi connectivity index (χ3v) is 5.31. The summed E-state index contributed by atoms with van der Waals surface area (Å²) in [6.45, 7) is 0. The van der Waals surface area contributed by atoms with Crippen molar-refractivity contribution in [2.75, 3.05) is 16.6 Å². The second-order valence-electron chi connectivity index (χ2n) is 3.75. The fourth-order valence-electron chi connectivity index (χ4n) is 1.72. The zero-order valence-electron chi connectivity index (χ0n) is 8.32. The number of hydrogen-bond donors (Lipinski definition) is 0. The normalized spacial score (nSPS) is 18.3. The smallest absolute Gasteiger partial charge is 0.0392 e. The molecule has 0 nitrogen and oxygen atoms in total. The van der Waals surface area contributed by atoms with Gasteiger partial charge in [0.05, 0.1) is 0 Å². The second kappa shape index (κ2) is 5.72. The van der Waals surface area contributed by atoms with Crippen LogP contribution in [0.3, 0.4) is 0 Å². The molecule has 1 heterocycles. The Bertz CT molecular complexity index is 252. The van der Waals surface area contributed by atoms with Gasteiger partial charge in [0, 0.05) is 5.08 Å². The van der Waals surface area contributed by atoms with Crippen LogP contribution in [0.15, 0.2) is 30.3 Å². The zero-order chi connectivity index (χ0) is 9.64. The van der Waals surface area contributed by atoms with Crippen molar-refractivity contribution in [1.82, 2.24) is 0 Å². The van der Waals surface area contributed by atoms with E-state index in [1.165, 1.54) is 35.0 Å². The molecule has 0 atom stereocenters. The van der Waals surface area contributed by atoms with Crippen LogP contribution in [0.4, 0.5) is 0 Å². The van der Waals surface area contributed by atoms with Crippen molar-refractivity contribution < 1.29 is 0 Å². The summed E-state index contributed by atoms with van der Waals surface area (Å²) >= 11 is 4.20. The second-order valence-corrected chi connectivity index (χ2v) is 6.18. The van der Waals surface area contributed by atoms with E-state index in [1.807, 2.05) is 0 Å². The first kappa shape index (κ1) is 10.4. The Balaban J connectivity index is 1.76. The lowest BCUT2D eigenvalue weighted by molar-refractivity contribution is 0.604. The molecule has 0 aromatic heterocycles. The maximum atomic E-state index is 2.24. The van der Waals surface area contributed by atoms with Gasteiger partial charge in [-0.15, -0.1) is 0 Å². The van der Waals surface area contributed by atoms with Crippen LogP contribution in [0.2, 0.25) is 0 Å². The molecular formula is C12H16S2. The molecule has 0 radical (unpaired) electrons. The van der Waals surface area contributed by atoms with Gasteiger partial charge in [0.15, 0.2) is 0 Å². The number of aryl methyl sites for hydroxylation is 1. The Kier molecular flexibility index (Phi) is 4.26. The van der Waals surface area contributed by atoms with Crippen molar-refractivity contribution in [2.24, 2.45) is 5.92 Å². The lowest BCUT2D eigenvalue weighted by atomic mass is 10.0. The Morgan fingerprint density at radius 2 is 1.79 bits per heavy atom. The Hall–Kier alpha value is -0.0800. The Labute approximate surface area is 94.9 Å². The Morgan fingerprint density at radius 1 is 1.07 bits per heavy atom. The lowest BCUT2D eigenvalue weighted by Gasteiger charge is -2.20. The van der Waals surface area contributed by atoms with Gasteiger partial charge in [-0.1, -0.05) is 30.3 Å². The minimum Gasteiger partial charge on any atom is -0.151 e. The van der Waals surface area contributed by atoms with Gasteiger partial charge in [0.2, 0.25) is 0 Å². The lowest BCUT2D eigenvalue weighted by Crippen LogP contribution is -2.12. The standard InChI is InChI=1S/C12H16S2/c1-2-4-11(5-3-1)6-7-12-8-13-10-14-9-12/h1-5,12H,6-10H2. The topological polar surface area (TPSA) is 0 Å². The molecule has 1 aliphatic heterocycles. The van der Waals surface area contributed by atoms with Crippen LogP contribution >= 0.6 is 23.5 Å². The minimum absolute atomic E-state index is 0.943. The van der Waals surface area contributed by atoms with E-state index in [0.29, 0.717) is 0 Å². The van der Waals surface area contributed by atoms with Crippen molar-refractivity contribution >= 4 is 23.5 Å². The fraction of sp³-hybridized carbons (Fsp3) is 0.500. The molecular weight excluding hydrogens is 208 g/mol. The molecule has 0 N–H and O–H groups in total. The van der Waals surface area contributed by atoms with Crippen LogP contribution in [-0.2, 0) is 6.42 Å². The highest BCUT2D eigenvalue weighted by molar-refractivity contribution is 8.16. The molecule has 1 saturated heterocycles. The zero-order valence-corrected chi connectivity index (χ0v) is 9.95. The Morgan fingerprint density at radius 3 is 2.50 bits per heavy atom. The summed E-state index contributed by atoms with van der Waals surface area (Å²) in [5.41, 5.74) is 1.49. The molecule has 14 heavy (non-hydrogen) atoms. The average molecular weight is 224 g/mol. The molecule has 0 saturated carbocycles. The van der Waals surface area contributed by atoms with Gasteiger partial charge >= 0.3 is 0 Å². The number of rotatable bonds is 3.